The zero-order chi connectivity index (χ0) is 14.8. The van der Waals surface area contributed by atoms with Gasteiger partial charge in [-0.15, -0.1) is 0 Å². The van der Waals surface area contributed by atoms with Crippen LogP contribution in [0, 0.1) is 0 Å². The summed E-state index contributed by atoms with van der Waals surface area (Å²) >= 11 is 6.43. The van der Waals surface area contributed by atoms with E-state index in [4.69, 9.17) is 4.42 Å². The Kier molecular flexibility index (Phi) is 4.90. The molecule has 0 saturated carbocycles. The maximum Gasteiger partial charge on any atom is 0.266 e. The number of hydrogen-bond acceptors (Lipinski definition) is 4. The number of hydrogen-bond donors (Lipinski definition) is 2. The summed E-state index contributed by atoms with van der Waals surface area (Å²) in [4.78, 5) is 0.0681. The fraction of sp³-hybridized carbons (Fsp3) is 0.167. The van der Waals surface area contributed by atoms with Crippen molar-refractivity contribution in [1.82, 2.24) is 5.32 Å². The van der Waals surface area contributed by atoms with Gasteiger partial charge in [0, 0.05) is 10.5 Å². The summed E-state index contributed by atoms with van der Waals surface area (Å²) in [6.45, 7) is 0.448. The molecule has 0 atom stereocenters. The predicted molar refractivity (Wildman–Crippen MR) is 84.1 cm³/mol. The van der Waals surface area contributed by atoms with Gasteiger partial charge in [0.25, 0.3) is 10.0 Å². The molecular formula is C12H12Br2N2O3S. The van der Waals surface area contributed by atoms with Crippen LogP contribution in [0.3, 0.4) is 0 Å². The molecule has 1 aromatic carbocycles. The Morgan fingerprint density at radius 3 is 2.60 bits per heavy atom. The van der Waals surface area contributed by atoms with Crippen molar-refractivity contribution in [3.8, 4) is 0 Å². The first-order chi connectivity index (χ1) is 9.44. The Balaban J connectivity index is 2.33. The highest BCUT2D eigenvalue weighted by Crippen LogP contribution is 2.30. The lowest BCUT2D eigenvalue weighted by atomic mass is 10.3. The van der Waals surface area contributed by atoms with E-state index in [1.807, 2.05) is 0 Å². The molecule has 0 bridgehead atoms. The van der Waals surface area contributed by atoms with Gasteiger partial charge in [-0.2, -0.15) is 0 Å². The minimum absolute atomic E-state index is 0.0681. The first-order valence-corrected chi connectivity index (χ1v) is 8.71. The van der Waals surface area contributed by atoms with Crippen molar-refractivity contribution in [1.29, 1.82) is 0 Å². The van der Waals surface area contributed by atoms with E-state index in [0.717, 1.165) is 0 Å². The van der Waals surface area contributed by atoms with Gasteiger partial charge in [0.2, 0.25) is 0 Å². The van der Waals surface area contributed by atoms with Crippen LogP contribution in [0.15, 0.2) is 48.8 Å². The monoisotopic (exact) mass is 422 g/mol. The van der Waals surface area contributed by atoms with Gasteiger partial charge in [-0.25, -0.2) is 8.42 Å². The van der Waals surface area contributed by atoms with Gasteiger partial charge in [-0.1, -0.05) is 12.1 Å². The smallest absolute Gasteiger partial charge is 0.266 e. The standard InChI is InChI=1S/C12H12Br2N2O3S/c1-15-7-8-6-11(12(14)19-8)20(17,18)16-10-5-3-2-4-9(10)13/h2-6,15-16H,7H2,1H3. The molecule has 0 aliphatic carbocycles. The summed E-state index contributed by atoms with van der Waals surface area (Å²) in [6.07, 6.45) is 0. The zero-order valence-corrected chi connectivity index (χ0v) is 14.5. The van der Waals surface area contributed by atoms with E-state index < -0.39 is 10.0 Å². The van der Waals surface area contributed by atoms with Crippen molar-refractivity contribution in [2.24, 2.45) is 0 Å². The molecule has 0 saturated heterocycles. The molecule has 0 aliphatic heterocycles. The normalized spacial score (nSPS) is 11.6. The molecule has 2 rings (SSSR count). The van der Waals surface area contributed by atoms with Crippen LogP contribution in [0.5, 0.6) is 0 Å². The Morgan fingerprint density at radius 1 is 1.25 bits per heavy atom. The van der Waals surface area contributed by atoms with Crippen LogP contribution in [0.2, 0.25) is 0 Å². The van der Waals surface area contributed by atoms with E-state index in [1.165, 1.54) is 6.07 Å². The van der Waals surface area contributed by atoms with Crippen LogP contribution in [-0.4, -0.2) is 15.5 Å². The fourth-order valence-corrected chi connectivity index (χ4v) is 4.18. The van der Waals surface area contributed by atoms with Crippen molar-refractivity contribution in [3.63, 3.8) is 0 Å². The summed E-state index contributed by atoms with van der Waals surface area (Å²) in [5.74, 6) is 0.534. The molecule has 0 amide bonds. The summed E-state index contributed by atoms with van der Waals surface area (Å²) in [7, 11) is -1.96. The van der Waals surface area contributed by atoms with Gasteiger partial charge >= 0.3 is 0 Å². The molecule has 8 heteroatoms. The van der Waals surface area contributed by atoms with Gasteiger partial charge in [-0.3, -0.25) is 4.72 Å². The van der Waals surface area contributed by atoms with E-state index in [2.05, 4.69) is 41.9 Å². The van der Waals surface area contributed by atoms with Crippen LogP contribution in [0.25, 0.3) is 0 Å². The fourth-order valence-electron chi connectivity index (χ4n) is 1.59. The number of halogens is 2. The number of nitrogens with one attached hydrogen (secondary N) is 2. The van der Waals surface area contributed by atoms with E-state index in [0.29, 0.717) is 22.5 Å². The Morgan fingerprint density at radius 2 is 1.95 bits per heavy atom. The molecule has 0 radical (unpaired) electrons. The summed E-state index contributed by atoms with van der Waals surface area (Å²) in [6, 6.07) is 8.47. The third-order valence-corrected chi connectivity index (χ3v) is 5.38. The van der Waals surface area contributed by atoms with Crippen molar-refractivity contribution >= 4 is 47.6 Å². The molecule has 108 valence electrons. The first kappa shape index (κ1) is 15.6. The zero-order valence-electron chi connectivity index (χ0n) is 10.5. The number of sulfonamides is 1. The Hall–Kier alpha value is -0.830. The largest absolute Gasteiger partial charge is 0.451 e. The van der Waals surface area contributed by atoms with E-state index in [-0.39, 0.29) is 9.56 Å². The second-order valence-corrected chi connectivity index (χ2v) is 7.19. The van der Waals surface area contributed by atoms with Crippen LogP contribution < -0.4 is 10.0 Å². The molecule has 1 heterocycles. The third kappa shape index (κ3) is 3.43. The molecule has 0 aliphatic rings. The Labute approximate surface area is 134 Å². The highest BCUT2D eigenvalue weighted by Gasteiger charge is 2.23. The molecular weight excluding hydrogens is 412 g/mol. The van der Waals surface area contributed by atoms with Crippen LogP contribution in [0.4, 0.5) is 5.69 Å². The molecule has 0 fully saturated rings. The lowest BCUT2D eigenvalue weighted by Gasteiger charge is -2.08. The maximum atomic E-state index is 12.3. The number of para-hydroxylation sites is 1. The lowest BCUT2D eigenvalue weighted by molar-refractivity contribution is 0.470. The minimum atomic E-state index is -3.71. The lowest BCUT2D eigenvalue weighted by Crippen LogP contribution is -2.13. The van der Waals surface area contributed by atoms with Crippen molar-refractivity contribution < 1.29 is 12.8 Å². The van der Waals surface area contributed by atoms with Crippen molar-refractivity contribution in [3.05, 3.63) is 45.2 Å². The molecule has 0 spiro atoms. The minimum Gasteiger partial charge on any atom is -0.451 e. The second kappa shape index (κ2) is 6.30. The molecule has 20 heavy (non-hydrogen) atoms. The number of furan rings is 1. The highest BCUT2D eigenvalue weighted by atomic mass is 79.9. The van der Waals surface area contributed by atoms with E-state index in [9.17, 15) is 8.42 Å². The predicted octanol–water partition coefficient (Wildman–Crippen LogP) is 3.32. The highest BCUT2D eigenvalue weighted by molar-refractivity contribution is 9.10. The number of anilines is 1. The Bertz CT molecular complexity index is 713. The second-order valence-electron chi connectivity index (χ2n) is 3.97. The number of rotatable bonds is 5. The quantitative estimate of drug-likeness (QED) is 0.773. The van der Waals surface area contributed by atoms with E-state index >= 15 is 0 Å². The topological polar surface area (TPSA) is 71.3 Å². The summed E-state index contributed by atoms with van der Waals surface area (Å²) in [5, 5.41) is 2.90. The van der Waals surface area contributed by atoms with Crippen LogP contribution >= 0.6 is 31.9 Å². The van der Waals surface area contributed by atoms with Gasteiger partial charge in [0.1, 0.15) is 10.7 Å². The number of benzene rings is 1. The summed E-state index contributed by atoms with van der Waals surface area (Å²) < 4.78 is 33.4. The molecule has 2 aromatic rings. The van der Waals surface area contributed by atoms with Gasteiger partial charge < -0.3 is 9.73 Å². The molecule has 0 unspecified atom stereocenters. The van der Waals surface area contributed by atoms with Crippen LogP contribution in [-0.2, 0) is 16.6 Å². The van der Waals surface area contributed by atoms with Gasteiger partial charge in [0.15, 0.2) is 4.67 Å². The maximum absolute atomic E-state index is 12.3. The van der Waals surface area contributed by atoms with Gasteiger partial charge in [0.05, 0.1) is 12.2 Å². The summed E-state index contributed by atoms with van der Waals surface area (Å²) in [5.41, 5.74) is 0.468. The van der Waals surface area contributed by atoms with Crippen molar-refractivity contribution in [2.75, 3.05) is 11.8 Å². The molecule has 2 N–H and O–H groups in total. The van der Waals surface area contributed by atoms with Crippen LogP contribution in [0.1, 0.15) is 5.76 Å². The first-order valence-electron chi connectivity index (χ1n) is 5.64. The average Bonchev–Trinajstić information content (AvgIpc) is 2.74. The van der Waals surface area contributed by atoms with E-state index in [1.54, 1.807) is 31.3 Å². The third-order valence-electron chi connectivity index (χ3n) is 2.47. The molecule has 5 nitrogen and oxygen atoms in total. The van der Waals surface area contributed by atoms with Gasteiger partial charge in [-0.05, 0) is 51.0 Å². The molecule has 1 aromatic heterocycles. The van der Waals surface area contributed by atoms with Crippen molar-refractivity contribution in [2.45, 2.75) is 11.4 Å². The average molecular weight is 424 g/mol. The SMILES string of the molecule is CNCc1cc(S(=O)(=O)Nc2ccccc2Br)c(Br)o1.